The summed E-state index contributed by atoms with van der Waals surface area (Å²) in [4.78, 5) is 23.7. The average Bonchev–Trinajstić information content (AvgIpc) is 3.44. The maximum atomic E-state index is 12.4. The zero-order chi connectivity index (χ0) is 22.5. The number of hydrogen-bond donors (Lipinski definition) is 3. The van der Waals surface area contributed by atoms with Gasteiger partial charge >= 0.3 is 6.09 Å². The standard InChI is InChI=1S/C22H29N7O2S/c1-12-7-17(28-27-12)25-19-18-16(5-6-32-18)24-20(26-19)23-15-8-13-10-29(11-14(13)9-15)21(30)31-22(2,3)4/h5-7,13-15H,8-11H2,1-4H3,(H3,23,24,25,26,27,28)/t13-,14+,15-. The van der Waals surface area contributed by atoms with Crippen LogP contribution in [0.1, 0.15) is 39.3 Å². The Labute approximate surface area is 191 Å². The molecule has 3 aromatic heterocycles. The fourth-order valence-corrected chi connectivity index (χ4v) is 5.47. The highest BCUT2D eigenvalue weighted by Crippen LogP contribution is 2.40. The van der Waals surface area contributed by atoms with Gasteiger partial charge in [0.25, 0.3) is 0 Å². The highest BCUT2D eigenvalue weighted by atomic mass is 32.1. The molecule has 1 aliphatic carbocycles. The van der Waals surface area contributed by atoms with E-state index in [4.69, 9.17) is 14.7 Å². The number of fused-ring (bicyclic) bond motifs is 2. The molecule has 10 heteroatoms. The first-order valence-corrected chi connectivity index (χ1v) is 11.9. The van der Waals surface area contributed by atoms with Crippen molar-refractivity contribution in [1.82, 2.24) is 25.1 Å². The molecular formula is C22H29N7O2S. The van der Waals surface area contributed by atoms with Gasteiger partial charge in [-0.1, -0.05) is 0 Å². The molecule has 0 bridgehead atoms. The first-order chi connectivity index (χ1) is 15.2. The lowest BCUT2D eigenvalue weighted by molar-refractivity contribution is 0.0280. The summed E-state index contributed by atoms with van der Waals surface area (Å²) in [6.45, 7) is 9.20. The monoisotopic (exact) mass is 455 g/mol. The summed E-state index contributed by atoms with van der Waals surface area (Å²) in [6.07, 6.45) is 1.79. The van der Waals surface area contributed by atoms with E-state index < -0.39 is 5.60 Å². The fraction of sp³-hybridized carbons (Fsp3) is 0.545. The van der Waals surface area contributed by atoms with Crippen molar-refractivity contribution in [1.29, 1.82) is 0 Å². The number of nitrogens with zero attached hydrogens (tertiary/aromatic N) is 4. The number of thiophene rings is 1. The molecule has 3 N–H and O–H groups in total. The van der Waals surface area contributed by atoms with Crippen molar-refractivity contribution in [3.05, 3.63) is 23.2 Å². The number of anilines is 3. The van der Waals surface area contributed by atoms with Crippen LogP contribution in [0.25, 0.3) is 10.2 Å². The van der Waals surface area contributed by atoms with E-state index in [9.17, 15) is 4.79 Å². The van der Waals surface area contributed by atoms with Gasteiger partial charge in [-0.05, 0) is 63.8 Å². The number of rotatable bonds is 4. The quantitative estimate of drug-likeness (QED) is 0.531. The van der Waals surface area contributed by atoms with Crippen molar-refractivity contribution in [2.24, 2.45) is 11.8 Å². The van der Waals surface area contributed by atoms with Crippen LogP contribution in [0.15, 0.2) is 17.5 Å². The molecule has 1 amide bonds. The van der Waals surface area contributed by atoms with Crippen LogP contribution in [0.2, 0.25) is 0 Å². The topological polar surface area (TPSA) is 108 Å². The third kappa shape index (κ3) is 4.36. The lowest BCUT2D eigenvalue weighted by Crippen LogP contribution is -2.36. The Kier molecular flexibility index (Phi) is 5.19. The predicted octanol–water partition coefficient (Wildman–Crippen LogP) is 4.52. The Morgan fingerprint density at radius 2 is 2.00 bits per heavy atom. The first kappa shape index (κ1) is 21.0. The van der Waals surface area contributed by atoms with Gasteiger partial charge in [-0.2, -0.15) is 10.1 Å². The van der Waals surface area contributed by atoms with Gasteiger partial charge < -0.3 is 20.3 Å². The summed E-state index contributed by atoms with van der Waals surface area (Å²) in [5.74, 6) is 3.08. The molecule has 1 saturated carbocycles. The van der Waals surface area contributed by atoms with Gasteiger partial charge in [-0.3, -0.25) is 5.10 Å². The largest absolute Gasteiger partial charge is 0.444 e. The molecule has 0 spiro atoms. The summed E-state index contributed by atoms with van der Waals surface area (Å²) in [5.41, 5.74) is 1.44. The smallest absolute Gasteiger partial charge is 0.410 e. The minimum absolute atomic E-state index is 0.202. The van der Waals surface area contributed by atoms with E-state index in [0.29, 0.717) is 23.8 Å². The van der Waals surface area contributed by atoms with Gasteiger partial charge in [0.05, 0.1) is 10.2 Å². The normalized spacial score (nSPS) is 22.9. The number of aromatic amines is 1. The number of carbonyl (C=O) groups is 1. The van der Waals surface area contributed by atoms with Crippen LogP contribution in [0.3, 0.4) is 0 Å². The van der Waals surface area contributed by atoms with Gasteiger partial charge in [0, 0.05) is 30.9 Å². The van der Waals surface area contributed by atoms with Gasteiger partial charge in [0.15, 0.2) is 11.6 Å². The molecule has 5 rings (SSSR count). The van der Waals surface area contributed by atoms with Crippen molar-refractivity contribution in [2.45, 2.75) is 52.2 Å². The van der Waals surface area contributed by atoms with E-state index >= 15 is 0 Å². The molecule has 0 unspecified atom stereocenters. The van der Waals surface area contributed by atoms with E-state index in [2.05, 4.69) is 20.8 Å². The van der Waals surface area contributed by atoms with Crippen LogP contribution in [0, 0.1) is 18.8 Å². The number of likely N-dealkylation sites (tertiary alicyclic amines) is 1. The molecule has 0 aromatic carbocycles. The highest BCUT2D eigenvalue weighted by molar-refractivity contribution is 7.17. The molecule has 4 heterocycles. The Hall–Kier alpha value is -2.88. The highest BCUT2D eigenvalue weighted by Gasteiger charge is 2.43. The number of amides is 1. The van der Waals surface area contributed by atoms with Crippen molar-refractivity contribution in [3.63, 3.8) is 0 Å². The zero-order valence-corrected chi connectivity index (χ0v) is 19.6. The molecule has 170 valence electrons. The lowest BCUT2D eigenvalue weighted by Gasteiger charge is -2.25. The Balaban J connectivity index is 1.25. The van der Waals surface area contributed by atoms with Crippen molar-refractivity contribution >= 4 is 45.2 Å². The summed E-state index contributed by atoms with van der Waals surface area (Å²) < 4.78 is 6.55. The summed E-state index contributed by atoms with van der Waals surface area (Å²) in [6, 6.07) is 4.25. The van der Waals surface area contributed by atoms with E-state index in [0.717, 1.165) is 53.5 Å². The molecule has 2 aliphatic rings. The van der Waals surface area contributed by atoms with Crippen LogP contribution >= 0.6 is 11.3 Å². The molecule has 1 saturated heterocycles. The van der Waals surface area contributed by atoms with Crippen molar-refractivity contribution in [3.8, 4) is 0 Å². The second kappa shape index (κ2) is 7.91. The molecule has 32 heavy (non-hydrogen) atoms. The fourth-order valence-electron chi connectivity index (χ4n) is 4.69. The van der Waals surface area contributed by atoms with E-state index in [-0.39, 0.29) is 6.09 Å². The van der Waals surface area contributed by atoms with Gasteiger partial charge in [0.1, 0.15) is 5.60 Å². The number of hydrogen-bond acceptors (Lipinski definition) is 8. The number of aromatic nitrogens is 4. The molecule has 2 fully saturated rings. The van der Waals surface area contributed by atoms with E-state index in [1.807, 2.05) is 50.1 Å². The maximum absolute atomic E-state index is 12.4. The molecule has 0 radical (unpaired) electrons. The second-order valence-corrected chi connectivity index (χ2v) is 10.7. The van der Waals surface area contributed by atoms with Crippen LogP contribution in [0.5, 0.6) is 0 Å². The molecule has 3 aromatic rings. The summed E-state index contributed by atoms with van der Waals surface area (Å²) >= 11 is 1.61. The van der Waals surface area contributed by atoms with E-state index in [1.54, 1.807) is 11.3 Å². The van der Waals surface area contributed by atoms with Crippen LogP contribution in [-0.4, -0.2) is 55.9 Å². The lowest BCUT2D eigenvalue weighted by atomic mass is 10.0. The van der Waals surface area contributed by atoms with Gasteiger partial charge in [-0.15, -0.1) is 11.3 Å². The maximum Gasteiger partial charge on any atom is 0.410 e. The molecule has 9 nitrogen and oxygen atoms in total. The Morgan fingerprint density at radius 1 is 1.25 bits per heavy atom. The number of nitrogens with one attached hydrogen (secondary N) is 3. The molecule has 3 atom stereocenters. The Bertz CT molecular complexity index is 1120. The van der Waals surface area contributed by atoms with Crippen LogP contribution in [-0.2, 0) is 4.74 Å². The van der Waals surface area contributed by atoms with Crippen LogP contribution in [0.4, 0.5) is 22.4 Å². The molecule has 1 aliphatic heterocycles. The van der Waals surface area contributed by atoms with E-state index in [1.165, 1.54) is 0 Å². The van der Waals surface area contributed by atoms with Crippen LogP contribution < -0.4 is 10.6 Å². The summed E-state index contributed by atoms with van der Waals surface area (Å²) in [7, 11) is 0. The number of carbonyl (C=O) groups excluding carboxylic acids is 1. The third-order valence-electron chi connectivity index (χ3n) is 5.99. The third-order valence-corrected chi connectivity index (χ3v) is 6.90. The SMILES string of the molecule is Cc1cc(Nc2nc(N[C@@H]3C[C@@H]4CN(C(=O)OC(C)(C)C)C[C@@H]4C3)nc3ccsc23)n[nH]1. The minimum atomic E-state index is -0.461. The van der Waals surface area contributed by atoms with Crippen molar-refractivity contribution < 1.29 is 9.53 Å². The summed E-state index contributed by atoms with van der Waals surface area (Å²) in [5, 5.41) is 16.1. The number of ether oxygens (including phenoxy) is 1. The number of H-pyrrole nitrogens is 1. The Morgan fingerprint density at radius 3 is 2.66 bits per heavy atom. The van der Waals surface area contributed by atoms with Gasteiger partial charge in [0.2, 0.25) is 5.95 Å². The zero-order valence-electron chi connectivity index (χ0n) is 18.8. The predicted molar refractivity (Wildman–Crippen MR) is 125 cm³/mol. The molecular weight excluding hydrogens is 426 g/mol. The first-order valence-electron chi connectivity index (χ1n) is 11.0. The minimum Gasteiger partial charge on any atom is -0.444 e. The average molecular weight is 456 g/mol. The number of aryl methyl sites for hydroxylation is 1. The second-order valence-electron chi connectivity index (χ2n) is 9.81. The van der Waals surface area contributed by atoms with Gasteiger partial charge in [-0.25, -0.2) is 9.78 Å². The van der Waals surface area contributed by atoms with Crippen molar-refractivity contribution in [2.75, 3.05) is 23.7 Å².